The number of anilines is 1. The molecule has 0 atom stereocenters. The summed E-state index contributed by atoms with van der Waals surface area (Å²) in [7, 11) is 0. The van der Waals surface area contributed by atoms with Crippen molar-refractivity contribution in [2.24, 2.45) is 0 Å². The lowest BCUT2D eigenvalue weighted by molar-refractivity contribution is -0.113. The Morgan fingerprint density at radius 1 is 0.861 bits per heavy atom. The van der Waals surface area contributed by atoms with Crippen LogP contribution in [0.2, 0.25) is 0 Å². The predicted octanol–water partition coefficient (Wildman–Crippen LogP) is 6.33. The molecule has 0 aliphatic heterocycles. The van der Waals surface area contributed by atoms with Crippen LogP contribution in [0.1, 0.15) is 22.8 Å². The fraction of sp³-hybridized carbons (Fsp3) is 0.103. The van der Waals surface area contributed by atoms with Crippen molar-refractivity contribution in [3.63, 3.8) is 0 Å². The molecule has 0 bridgehead atoms. The summed E-state index contributed by atoms with van der Waals surface area (Å²) >= 11 is 1.33. The molecule has 0 saturated heterocycles. The molecule has 1 aromatic heterocycles. The average molecular weight is 493 g/mol. The van der Waals surface area contributed by atoms with E-state index in [2.05, 4.69) is 45.8 Å². The average Bonchev–Trinajstić information content (AvgIpc) is 3.31. The van der Waals surface area contributed by atoms with Crippen LogP contribution in [0.15, 0.2) is 96.2 Å². The standard InChI is InChI=1S/C29H24N4O2S/c1-19-10-12-23(13-11-19)28-31-32-29(33(28)26-9-5-7-22-6-3-4-8-25(22)26)36-18-27(35)30-24-16-14-21(15-17-24)20(2)34/h3-17H,18H2,1-2H3,(H,30,35). The van der Waals surface area contributed by atoms with Crippen LogP contribution in [0.4, 0.5) is 5.69 Å². The Bertz CT molecular complexity index is 1550. The summed E-state index contributed by atoms with van der Waals surface area (Å²) in [6.45, 7) is 3.56. The van der Waals surface area contributed by atoms with Gasteiger partial charge in [-0.1, -0.05) is 78.0 Å². The molecule has 0 unspecified atom stereocenters. The number of Topliss-reactive ketones (excluding diaryl/α,β-unsaturated/α-hetero) is 1. The van der Waals surface area contributed by atoms with E-state index >= 15 is 0 Å². The molecule has 4 aromatic carbocycles. The van der Waals surface area contributed by atoms with Crippen LogP contribution in [0.3, 0.4) is 0 Å². The van der Waals surface area contributed by atoms with Crippen LogP contribution in [0.25, 0.3) is 27.8 Å². The van der Waals surface area contributed by atoms with E-state index in [1.807, 2.05) is 47.9 Å². The fourth-order valence-corrected chi connectivity index (χ4v) is 4.73. The minimum absolute atomic E-state index is 0.0133. The number of thioether (sulfide) groups is 1. The molecule has 36 heavy (non-hydrogen) atoms. The number of carbonyl (C=O) groups is 2. The normalized spacial score (nSPS) is 10.9. The monoisotopic (exact) mass is 492 g/mol. The van der Waals surface area contributed by atoms with E-state index in [0.29, 0.717) is 22.2 Å². The van der Waals surface area contributed by atoms with E-state index < -0.39 is 0 Å². The zero-order valence-electron chi connectivity index (χ0n) is 19.9. The van der Waals surface area contributed by atoms with Crippen LogP contribution in [0, 0.1) is 6.92 Å². The Kier molecular flexibility index (Phi) is 6.64. The number of carbonyl (C=O) groups excluding carboxylic acids is 2. The third-order valence-corrected chi connectivity index (χ3v) is 6.79. The zero-order valence-corrected chi connectivity index (χ0v) is 20.8. The number of amides is 1. The molecule has 178 valence electrons. The first kappa shape index (κ1) is 23.5. The largest absolute Gasteiger partial charge is 0.325 e. The Hall–Kier alpha value is -4.23. The third kappa shape index (κ3) is 4.92. The van der Waals surface area contributed by atoms with E-state index in [1.165, 1.54) is 18.7 Å². The van der Waals surface area contributed by atoms with Gasteiger partial charge in [0.2, 0.25) is 5.91 Å². The van der Waals surface area contributed by atoms with Crippen molar-refractivity contribution < 1.29 is 9.59 Å². The van der Waals surface area contributed by atoms with E-state index in [4.69, 9.17) is 0 Å². The number of benzene rings is 4. The lowest BCUT2D eigenvalue weighted by Crippen LogP contribution is -2.14. The van der Waals surface area contributed by atoms with Gasteiger partial charge < -0.3 is 5.32 Å². The number of hydrogen-bond acceptors (Lipinski definition) is 5. The molecule has 1 amide bonds. The molecule has 7 heteroatoms. The van der Waals surface area contributed by atoms with Gasteiger partial charge in [-0.25, -0.2) is 0 Å². The number of rotatable bonds is 7. The highest BCUT2D eigenvalue weighted by Crippen LogP contribution is 2.32. The second-order valence-electron chi connectivity index (χ2n) is 8.48. The van der Waals surface area contributed by atoms with Crippen molar-refractivity contribution in [1.82, 2.24) is 14.8 Å². The second-order valence-corrected chi connectivity index (χ2v) is 9.42. The Balaban J connectivity index is 1.46. The minimum atomic E-state index is -0.167. The molecule has 6 nitrogen and oxygen atoms in total. The van der Waals surface area contributed by atoms with E-state index in [9.17, 15) is 9.59 Å². The highest BCUT2D eigenvalue weighted by molar-refractivity contribution is 7.99. The summed E-state index contributed by atoms with van der Waals surface area (Å²) < 4.78 is 2.02. The summed E-state index contributed by atoms with van der Waals surface area (Å²) in [4.78, 5) is 24.2. The lowest BCUT2D eigenvalue weighted by Gasteiger charge is -2.13. The summed E-state index contributed by atoms with van der Waals surface area (Å²) in [5.74, 6) is 0.695. The van der Waals surface area contributed by atoms with Gasteiger partial charge in [0.1, 0.15) is 0 Å². The lowest BCUT2D eigenvalue weighted by atomic mass is 10.1. The molecule has 0 radical (unpaired) electrons. The minimum Gasteiger partial charge on any atom is -0.325 e. The maximum atomic E-state index is 12.7. The van der Waals surface area contributed by atoms with Gasteiger partial charge in [0.25, 0.3) is 0 Å². The van der Waals surface area contributed by atoms with Gasteiger partial charge in [0.05, 0.1) is 11.4 Å². The smallest absolute Gasteiger partial charge is 0.234 e. The van der Waals surface area contributed by atoms with Crippen molar-refractivity contribution in [1.29, 1.82) is 0 Å². The Morgan fingerprint density at radius 3 is 2.33 bits per heavy atom. The van der Waals surface area contributed by atoms with E-state index in [-0.39, 0.29) is 17.4 Å². The molecular weight excluding hydrogens is 468 g/mol. The van der Waals surface area contributed by atoms with Gasteiger partial charge in [-0.15, -0.1) is 10.2 Å². The first-order chi connectivity index (χ1) is 17.5. The number of nitrogens with one attached hydrogen (secondary N) is 1. The van der Waals surface area contributed by atoms with Crippen molar-refractivity contribution in [2.75, 3.05) is 11.1 Å². The molecule has 1 heterocycles. The SMILES string of the molecule is CC(=O)c1ccc(NC(=O)CSc2nnc(-c3ccc(C)cc3)n2-c2cccc3ccccc23)cc1. The topological polar surface area (TPSA) is 76.9 Å². The highest BCUT2D eigenvalue weighted by Gasteiger charge is 2.19. The molecule has 0 aliphatic rings. The number of fused-ring (bicyclic) bond motifs is 1. The van der Waals surface area contributed by atoms with Crippen LogP contribution in [-0.4, -0.2) is 32.2 Å². The van der Waals surface area contributed by atoms with Crippen molar-refractivity contribution in [3.8, 4) is 17.1 Å². The van der Waals surface area contributed by atoms with Gasteiger partial charge in [0.15, 0.2) is 16.8 Å². The number of ketones is 1. The molecule has 5 rings (SSSR count). The van der Waals surface area contributed by atoms with Crippen LogP contribution < -0.4 is 5.32 Å². The van der Waals surface area contributed by atoms with Crippen LogP contribution >= 0.6 is 11.8 Å². The maximum Gasteiger partial charge on any atom is 0.234 e. The van der Waals surface area contributed by atoms with Crippen molar-refractivity contribution in [2.45, 2.75) is 19.0 Å². The Morgan fingerprint density at radius 2 is 1.58 bits per heavy atom. The summed E-state index contributed by atoms with van der Waals surface area (Å²) in [5.41, 5.74) is 4.31. The maximum absolute atomic E-state index is 12.7. The second kappa shape index (κ2) is 10.2. The predicted molar refractivity (Wildman–Crippen MR) is 145 cm³/mol. The molecule has 0 spiro atoms. The molecule has 5 aromatic rings. The first-order valence-electron chi connectivity index (χ1n) is 11.5. The van der Waals surface area contributed by atoms with Gasteiger partial charge in [-0.05, 0) is 49.6 Å². The zero-order chi connectivity index (χ0) is 25.1. The van der Waals surface area contributed by atoms with Gasteiger partial charge in [0, 0.05) is 22.2 Å². The third-order valence-electron chi connectivity index (χ3n) is 5.86. The molecule has 0 fully saturated rings. The Labute approximate surface area is 213 Å². The van der Waals surface area contributed by atoms with Crippen molar-refractivity contribution >= 4 is 39.9 Å². The quantitative estimate of drug-likeness (QED) is 0.212. The number of aryl methyl sites for hydroxylation is 1. The molecule has 0 aliphatic carbocycles. The van der Waals surface area contributed by atoms with Gasteiger partial charge in [-0.2, -0.15) is 0 Å². The van der Waals surface area contributed by atoms with Gasteiger partial charge in [-0.3, -0.25) is 14.2 Å². The summed E-state index contributed by atoms with van der Waals surface area (Å²) in [5, 5.41) is 14.7. The van der Waals surface area contributed by atoms with Gasteiger partial charge >= 0.3 is 0 Å². The summed E-state index contributed by atoms with van der Waals surface area (Å²) in [6, 6.07) is 29.4. The highest BCUT2D eigenvalue weighted by atomic mass is 32.2. The summed E-state index contributed by atoms with van der Waals surface area (Å²) in [6.07, 6.45) is 0. The van der Waals surface area contributed by atoms with Crippen LogP contribution in [0.5, 0.6) is 0 Å². The number of hydrogen-bond donors (Lipinski definition) is 1. The van der Waals surface area contributed by atoms with Crippen LogP contribution in [-0.2, 0) is 4.79 Å². The molecule has 1 N–H and O–H groups in total. The van der Waals surface area contributed by atoms with E-state index in [0.717, 1.165) is 27.6 Å². The molecule has 0 saturated carbocycles. The van der Waals surface area contributed by atoms with E-state index in [1.54, 1.807) is 24.3 Å². The molecular formula is C29H24N4O2S. The fourth-order valence-electron chi connectivity index (χ4n) is 3.99. The van der Waals surface area contributed by atoms with Crippen molar-refractivity contribution in [3.05, 3.63) is 102 Å². The number of aromatic nitrogens is 3. The first-order valence-corrected chi connectivity index (χ1v) is 12.5. The number of nitrogens with zero attached hydrogens (tertiary/aromatic N) is 3.